The molecule has 98 valence electrons. The summed E-state index contributed by atoms with van der Waals surface area (Å²) in [5, 5.41) is 4.20. The van der Waals surface area contributed by atoms with Crippen LogP contribution in [0.25, 0.3) is 5.82 Å². The highest BCUT2D eigenvalue weighted by molar-refractivity contribution is 7.99. The number of carbonyl (C=O) groups excluding carboxylic acids is 1. The van der Waals surface area contributed by atoms with E-state index >= 15 is 0 Å². The third-order valence-corrected chi connectivity index (χ3v) is 3.84. The molecule has 0 saturated heterocycles. The Morgan fingerprint density at radius 2 is 2.37 bits per heavy atom. The molecule has 0 aliphatic carbocycles. The molecule has 0 amide bonds. The Hall–Kier alpha value is -1.67. The molecule has 0 N–H and O–H groups in total. The molecular formula is C10H8ClN5O2S. The van der Waals surface area contributed by atoms with Crippen molar-refractivity contribution >= 4 is 29.3 Å². The zero-order chi connectivity index (χ0) is 13.4. The van der Waals surface area contributed by atoms with E-state index in [1.807, 2.05) is 0 Å². The van der Waals surface area contributed by atoms with Crippen molar-refractivity contribution in [2.24, 2.45) is 0 Å². The Bertz CT molecular complexity index is 659. The van der Waals surface area contributed by atoms with Crippen LogP contribution in [-0.4, -0.2) is 43.6 Å². The van der Waals surface area contributed by atoms with E-state index in [1.54, 1.807) is 11.8 Å². The summed E-state index contributed by atoms with van der Waals surface area (Å²) in [4.78, 5) is 24.5. The minimum atomic E-state index is -0.594. The van der Waals surface area contributed by atoms with Crippen molar-refractivity contribution < 1.29 is 9.53 Å². The van der Waals surface area contributed by atoms with Crippen molar-refractivity contribution in [3.63, 3.8) is 0 Å². The van der Waals surface area contributed by atoms with Crippen LogP contribution < -0.4 is 0 Å². The molecule has 0 radical (unpaired) electrons. The lowest BCUT2D eigenvalue weighted by Gasteiger charge is -2.05. The van der Waals surface area contributed by atoms with E-state index < -0.39 is 5.97 Å². The predicted molar refractivity (Wildman–Crippen MR) is 67.7 cm³/mol. The van der Waals surface area contributed by atoms with Crippen LogP contribution in [0, 0.1) is 0 Å². The Labute approximate surface area is 117 Å². The van der Waals surface area contributed by atoms with Gasteiger partial charge in [0.25, 0.3) is 5.82 Å². The zero-order valence-corrected chi connectivity index (χ0v) is 11.4. The van der Waals surface area contributed by atoms with E-state index in [-0.39, 0.29) is 11.1 Å². The second-order valence-electron chi connectivity index (χ2n) is 3.69. The van der Waals surface area contributed by atoms with E-state index in [4.69, 9.17) is 11.6 Å². The summed E-state index contributed by atoms with van der Waals surface area (Å²) in [7, 11) is 1.28. The number of halogens is 1. The Morgan fingerprint density at radius 3 is 3.16 bits per heavy atom. The minimum Gasteiger partial charge on any atom is -0.463 e. The number of thioether (sulfide) groups is 1. The van der Waals surface area contributed by atoms with Gasteiger partial charge < -0.3 is 4.74 Å². The van der Waals surface area contributed by atoms with Gasteiger partial charge in [-0.1, -0.05) is 0 Å². The van der Waals surface area contributed by atoms with E-state index in [2.05, 4.69) is 24.8 Å². The summed E-state index contributed by atoms with van der Waals surface area (Å²) in [5.74, 6) is 0.855. The van der Waals surface area contributed by atoms with Crippen molar-refractivity contribution in [2.75, 3.05) is 12.9 Å². The summed E-state index contributed by atoms with van der Waals surface area (Å²) >= 11 is 7.52. The van der Waals surface area contributed by atoms with Crippen LogP contribution >= 0.6 is 23.4 Å². The van der Waals surface area contributed by atoms with Crippen LogP contribution in [0.5, 0.6) is 0 Å². The van der Waals surface area contributed by atoms with Crippen LogP contribution in [0.4, 0.5) is 0 Å². The van der Waals surface area contributed by atoms with Gasteiger partial charge in [0.1, 0.15) is 6.33 Å². The number of methoxy groups -OCH3 is 1. The van der Waals surface area contributed by atoms with E-state index in [0.29, 0.717) is 5.82 Å². The van der Waals surface area contributed by atoms with Crippen molar-refractivity contribution in [2.45, 2.75) is 11.3 Å². The van der Waals surface area contributed by atoms with E-state index in [1.165, 1.54) is 18.1 Å². The molecule has 0 saturated carbocycles. The SMILES string of the molecule is COC(=O)c1ncn(-c2nc(Cl)nc3c2SCC3)n1. The zero-order valence-electron chi connectivity index (χ0n) is 9.83. The molecule has 2 aromatic rings. The fourth-order valence-electron chi connectivity index (χ4n) is 1.73. The number of ether oxygens (including phenoxy) is 1. The highest BCUT2D eigenvalue weighted by Crippen LogP contribution is 2.34. The van der Waals surface area contributed by atoms with Crippen LogP contribution in [0.15, 0.2) is 11.2 Å². The molecule has 1 aliphatic rings. The largest absolute Gasteiger partial charge is 0.463 e. The molecule has 0 atom stereocenters. The number of hydrogen-bond donors (Lipinski definition) is 0. The lowest BCUT2D eigenvalue weighted by atomic mass is 10.3. The molecule has 0 spiro atoms. The molecule has 7 nitrogen and oxygen atoms in total. The summed E-state index contributed by atoms with van der Waals surface area (Å²) in [6, 6.07) is 0. The smallest absolute Gasteiger partial charge is 0.377 e. The van der Waals surface area contributed by atoms with Crippen molar-refractivity contribution in [3.05, 3.63) is 23.1 Å². The third-order valence-electron chi connectivity index (χ3n) is 2.55. The second kappa shape index (κ2) is 4.78. The summed E-state index contributed by atoms with van der Waals surface area (Å²) in [5.41, 5.74) is 0.898. The van der Waals surface area contributed by atoms with Gasteiger partial charge in [0.2, 0.25) is 5.28 Å². The third kappa shape index (κ3) is 2.17. The van der Waals surface area contributed by atoms with E-state index in [0.717, 1.165) is 22.8 Å². The molecule has 0 fully saturated rings. The maximum atomic E-state index is 11.3. The predicted octanol–water partition coefficient (Wildman–Crippen LogP) is 1.15. The first-order valence-electron chi connectivity index (χ1n) is 5.38. The average Bonchev–Trinajstić information content (AvgIpc) is 3.05. The maximum Gasteiger partial charge on any atom is 0.377 e. The number of carbonyl (C=O) groups is 1. The molecular weight excluding hydrogens is 290 g/mol. The van der Waals surface area contributed by atoms with Gasteiger partial charge in [0.15, 0.2) is 5.82 Å². The van der Waals surface area contributed by atoms with E-state index in [9.17, 15) is 4.79 Å². The Kier molecular flexibility index (Phi) is 3.11. The van der Waals surface area contributed by atoms with Gasteiger partial charge in [-0.15, -0.1) is 16.9 Å². The van der Waals surface area contributed by atoms with Crippen LogP contribution in [0.2, 0.25) is 5.28 Å². The van der Waals surface area contributed by atoms with Crippen molar-refractivity contribution in [1.29, 1.82) is 0 Å². The number of aryl methyl sites for hydroxylation is 1. The summed E-state index contributed by atoms with van der Waals surface area (Å²) in [6.45, 7) is 0. The first kappa shape index (κ1) is 12.4. The van der Waals surface area contributed by atoms with Crippen molar-refractivity contribution in [3.8, 4) is 5.82 Å². The fraction of sp³-hybridized carbons (Fsp3) is 0.300. The lowest BCUT2D eigenvalue weighted by Crippen LogP contribution is -2.07. The lowest BCUT2D eigenvalue weighted by molar-refractivity contribution is 0.0587. The molecule has 3 rings (SSSR count). The van der Waals surface area contributed by atoms with Gasteiger partial charge >= 0.3 is 5.97 Å². The quantitative estimate of drug-likeness (QED) is 0.607. The number of hydrogen-bond acceptors (Lipinski definition) is 7. The van der Waals surface area contributed by atoms with Gasteiger partial charge in [-0.3, -0.25) is 0 Å². The van der Waals surface area contributed by atoms with Crippen LogP contribution in [0.1, 0.15) is 16.3 Å². The molecule has 9 heteroatoms. The fourth-order valence-corrected chi connectivity index (χ4v) is 2.99. The van der Waals surface area contributed by atoms with Crippen LogP contribution in [0.3, 0.4) is 0 Å². The Balaban J connectivity index is 2.07. The topological polar surface area (TPSA) is 82.8 Å². The monoisotopic (exact) mass is 297 g/mol. The highest BCUT2D eigenvalue weighted by Gasteiger charge is 2.22. The van der Waals surface area contributed by atoms with Gasteiger partial charge in [0, 0.05) is 12.2 Å². The van der Waals surface area contributed by atoms with Gasteiger partial charge in [-0.2, -0.15) is 4.98 Å². The normalized spacial score (nSPS) is 13.4. The molecule has 2 aromatic heterocycles. The molecule has 19 heavy (non-hydrogen) atoms. The average molecular weight is 298 g/mol. The van der Waals surface area contributed by atoms with Gasteiger partial charge in [-0.25, -0.2) is 19.4 Å². The number of fused-ring (bicyclic) bond motifs is 1. The first-order valence-corrected chi connectivity index (χ1v) is 6.75. The van der Waals surface area contributed by atoms with Gasteiger partial charge in [0.05, 0.1) is 17.7 Å². The van der Waals surface area contributed by atoms with Crippen molar-refractivity contribution in [1.82, 2.24) is 24.7 Å². The number of aromatic nitrogens is 5. The highest BCUT2D eigenvalue weighted by atomic mass is 35.5. The summed E-state index contributed by atoms with van der Waals surface area (Å²) in [6.07, 6.45) is 2.25. The molecule has 0 unspecified atom stereocenters. The molecule has 0 bridgehead atoms. The Morgan fingerprint density at radius 1 is 1.53 bits per heavy atom. The molecule has 3 heterocycles. The van der Waals surface area contributed by atoms with Crippen LogP contribution in [-0.2, 0) is 11.2 Å². The number of nitrogens with zero attached hydrogens (tertiary/aromatic N) is 5. The minimum absolute atomic E-state index is 0.0195. The summed E-state index contributed by atoms with van der Waals surface area (Å²) < 4.78 is 5.97. The number of esters is 1. The number of rotatable bonds is 2. The van der Waals surface area contributed by atoms with Gasteiger partial charge in [-0.05, 0) is 11.6 Å². The standard InChI is InChI=1S/C10H8ClN5O2S/c1-18-9(17)7-12-4-16(15-7)8-6-5(2-3-19-6)13-10(11)14-8/h4H,2-3H2,1H3. The maximum absolute atomic E-state index is 11.3. The molecule has 1 aliphatic heterocycles. The first-order chi connectivity index (χ1) is 9.19. The second-order valence-corrected chi connectivity index (χ2v) is 5.14. The molecule has 0 aromatic carbocycles.